The number of pyridine rings is 1. The number of nitrogens with one attached hydrogen (secondary N) is 4. The molecule has 322 valence electrons. The average molecular weight is 873 g/mol. The van der Waals surface area contributed by atoms with E-state index in [-0.39, 0.29) is 42.3 Å². The lowest BCUT2D eigenvalue weighted by Crippen LogP contribution is -2.72. The Bertz CT molecular complexity index is 2750. The van der Waals surface area contributed by atoms with Crippen LogP contribution in [0.3, 0.4) is 0 Å². The number of nitrogens with zero attached hydrogens (tertiary/aromatic N) is 4. The van der Waals surface area contributed by atoms with Crippen molar-refractivity contribution in [2.75, 3.05) is 55.4 Å². The number of H-pyrrole nitrogens is 1. The molecule has 4 aliphatic heterocycles. The zero-order chi connectivity index (χ0) is 43.5. The molecule has 4 aliphatic rings. The number of hydrogen-bond acceptors (Lipinski definition) is 9. The van der Waals surface area contributed by atoms with Crippen LogP contribution in [-0.4, -0.2) is 109 Å². The van der Waals surface area contributed by atoms with E-state index in [2.05, 4.69) is 30.4 Å². The predicted molar refractivity (Wildman–Crippen MR) is 220 cm³/mol. The lowest BCUT2D eigenvalue weighted by molar-refractivity contribution is -0.134. The summed E-state index contributed by atoms with van der Waals surface area (Å²) in [6.45, 7) is 3.64. The van der Waals surface area contributed by atoms with E-state index in [0.717, 1.165) is 66.7 Å². The fourth-order valence-corrected chi connectivity index (χ4v) is 10.0. The number of carbonyl (C=O) groups is 4. The molecule has 4 N–H and O–H groups in total. The molecule has 2 aromatic heterocycles. The first-order chi connectivity index (χ1) is 29.6. The number of benzene rings is 3. The van der Waals surface area contributed by atoms with Gasteiger partial charge in [-0.25, -0.2) is 22.5 Å². The molecule has 14 nitrogen and oxygen atoms in total. The summed E-state index contributed by atoms with van der Waals surface area (Å²) in [6.07, 6.45) is 2.60. The molecule has 0 radical (unpaired) electrons. The molecule has 6 heterocycles. The van der Waals surface area contributed by atoms with E-state index < -0.39 is 81.2 Å². The number of ketones is 1. The van der Waals surface area contributed by atoms with Crippen molar-refractivity contribution in [3.05, 3.63) is 113 Å². The molecule has 3 aromatic carbocycles. The standard InChI is InChI=1S/C43H40F4N8O6S/c44-27-12-14-55(19-27)62(60,61)52-34-8-7-32(45)37(38(34)47)39(57)31-18-49-40-30(31)15-26(17-48-40)25-3-1-24(2-4-25)11-13-53-20-43(21-53)22-54(23-43)28-5-6-29(33(46)16-28)41(58)50-35-9-10-36(56)51-42(35)59/h1-8,15-18,27,35,52H,9-14,19-23H2,(H,48,49)(H,50,58)(H,51,56,59)/t27-,35?/m1/s1. The highest BCUT2D eigenvalue weighted by atomic mass is 32.2. The van der Waals surface area contributed by atoms with Gasteiger partial charge in [0.2, 0.25) is 17.6 Å². The minimum atomic E-state index is -4.36. The zero-order valence-corrected chi connectivity index (χ0v) is 33.8. The largest absolute Gasteiger partial charge is 0.370 e. The van der Waals surface area contributed by atoms with Crippen LogP contribution in [0.25, 0.3) is 22.2 Å². The molecule has 3 amide bonds. The Balaban J connectivity index is 0.786. The predicted octanol–water partition coefficient (Wildman–Crippen LogP) is 4.48. The van der Waals surface area contributed by atoms with Crippen LogP contribution in [0.1, 0.15) is 51.1 Å². The van der Waals surface area contributed by atoms with E-state index in [1.165, 1.54) is 18.3 Å². The van der Waals surface area contributed by atoms with Crippen molar-refractivity contribution >= 4 is 56.1 Å². The molecule has 0 bridgehead atoms. The van der Waals surface area contributed by atoms with Crippen LogP contribution < -0.4 is 20.3 Å². The quantitative estimate of drug-likeness (QED) is 0.0801. The Morgan fingerprint density at radius 2 is 1.68 bits per heavy atom. The van der Waals surface area contributed by atoms with Crippen molar-refractivity contribution in [2.24, 2.45) is 5.41 Å². The summed E-state index contributed by atoms with van der Waals surface area (Å²) < 4.78 is 87.8. The third kappa shape index (κ3) is 7.91. The van der Waals surface area contributed by atoms with Gasteiger partial charge >= 0.3 is 10.2 Å². The van der Waals surface area contributed by atoms with E-state index in [0.29, 0.717) is 22.3 Å². The molecule has 1 spiro atoms. The van der Waals surface area contributed by atoms with Crippen LogP contribution in [-0.2, 0) is 26.2 Å². The number of imide groups is 1. The van der Waals surface area contributed by atoms with Gasteiger partial charge in [0.1, 0.15) is 29.5 Å². The van der Waals surface area contributed by atoms with E-state index in [9.17, 15) is 32.0 Å². The Kier molecular flexibility index (Phi) is 10.6. The summed E-state index contributed by atoms with van der Waals surface area (Å²) >= 11 is 0. The van der Waals surface area contributed by atoms with Crippen molar-refractivity contribution in [3.63, 3.8) is 0 Å². The van der Waals surface area contributed by atoms with Gasteiger partial charge in [-0.2, -0.15) is 12.7 Å². The van der Waals surface area contributed by atoms with E-state index in [1.54, 1.807) is 18.3 Å². The van der Waals surface area contributed by atoms with Crippen LogP contribution in [0.15, 0.2) is 73.1 Å². The number of aromatic nitrogens is 2. The third-order valence-corrected chi connectivity index (χ3v) is 13.5. The summed E-state index contributed by atoms with van der Waals surface area (Å²) in [6, 6.07) is 14.8. The molecule has 1 unspecified atom stereocenters. The number of anilines is 2. The highest BCUT2D eigenvalue weighted by molar-refractivity contribution is 7.90. The lowest BCUT2D eigenvalue weighted by atomic mass is 9.72. The van der Waals surface area contributed by atoms with E-state index in [1.807, 2.05) is 29.0 Å². The van der Waals surface area contributed by atoms with Crippen molar-refractivity contribution < 1.29 is 45.2 Å². The van der Waals surface area contributed by atoms with Crippen LogP contribution >= 0.6 is 0 Å². The van der Waals surface area contributed by atoms with Crippen LogP contribution in [0.4, 0.5) is 28.9 Å². The first kappa shape index (κ1) is 41.2. The number of aromatic amines is 1. The SMILES string of the molecule is O=C1CCC(NC(=O)c2ccc(N3CC4(CN(CCc5ccc(-c6cnc7[nH]cc(C(=O)c8c(F)ccc(NS(=O)(=O)N9CC[C@@H](F)C9)c8F)c7c6)cc5)C4)C3)cc2F)C(=O)N1. The highest BCUT2D eigenvalue weighted by Gasteiger charge is 2.51. The molecule has 62 heavy (non-hydrogen) atoms. The summed E-state index contributed by atoms with van der Waals surface area (Å²) in [4.78, 5) is 61.4. The summed E-state index contributed by atoms with van der Waals surface area (Å²) in [7, 11) is -4.36. The average Bonchev–Trinajstić information content (AvgIpc) is 3.86. The van der Waals surface area contributed by atoms with Crippen molar-refractivity contribution in [3.8, 4) is 11.1 Å². The Morgan fingerprint density at radius 3 is 2.39 bits per heavy atom. The van der Waals surface area contributed by atoms with Gasteiger partial charge in [-0.3, -0.25) is 29.2 Å². The second kappa shape index (κ2) is 15.9. The number of fused-ring (bicyclic) bond motifs is 1. The Labute approximate surface area is 352 Å². The number of hydrogen-bond donors (Lipinski definition) is 4. The maximum atomic E-state index is 15.7. The van der Waals surface area contributed by atoms with Gasteiger partial charge in [0.25, 0.3) is 5.91 Å². The first-order valence-corrected chi connectivity index (χ1v) is 21.5. The zero-order valence-electron chi connectivity index (χ0n) is 33.0. The second-order valence-corrected chi connectivity index (χ2v) is 18.1. The van der Waals surface area contributed by atoms with Crippen LogP contribution in [0.5, 0.6) is 0 Å². The van der Waals surface area contributed by atoms with Gasteiger partial charge in [-0.1, -0.05) is 24.3 Å². The highest BCUT2D eigenvalue weighted by Crippen LogP contribution is 2.42. The molecule has 19 heteroatoms. The molecule has 2 atom stereocenters. The Morgan fingerprint density at radius 1 is 0.903 bits per heavy atom. The van der Waals surface area contributed by atoms with Gasteiger partial charge in [0.15, 0.2) is 5.82 Å². The van der Waals surface area contributed by atoms with E-state index >= 15 is 13.2 Å². The Hall–Kier alpha value is -6.18. The fourth-order valence-electron chi connectivity index (χ4n) is 8.74. The van der Waals surface area contributed by atoms with Crippen LogP contribution in [0.2, 0.25) is 0 Å². The van der Waals surface area contributed by atoms with Gasteiger partial charge < -0.3 is 20.1 Å². The summed E-state index contributed by atoms with van der Waals surface area (Å²) in [5, 5.41) is 4.99. The van der Waals surface area contributed by atoms with Gasteiger partial charge in [-0.15, -0.1) is 0 Å². The van der Waals surface area contributed by atoms with Crippen LogP contribution in [0, 0.1) is 22.9 Å². The van der Waals surface area contributed by atoms with Gasteiger partial charge in [-0.05, 0) is 66.8 Å². The smallest absolute Gasteiger partial charge is 0.301 e. The van der Waals surface area contributed by atoms with E-state index in [4.69, 9.17) is 0 Å². The number of piperidine rings is 1. The topological polar surface area (TPSA) is 177 Å². The number of carbonyl (C=O) groups excluding carboxylic acids is 4. The minimum absolute atomic E-state index is 0.00570. The fraction of sp³-hybridized carbons (Fsp3) is 0.326. The monoisotopic (exact) mass is 872 g/mol. The minimum Gasteiger partial charge on any atom is -0.370 e. The van der Waals surface area contributed by atoms with Crippen molar-refractivity contribution in [2.45, 2.75) is 37.9 Å². The number of likely N-dealkylation sites (tertiary alicyclic amines) is 1. The number of rotatable bonds is 12. The number of halogens is 4. The molecule has 9 rings (SSSR count). The molecule has 4 fully saturated rings. The second-order valence-electron chi connectivity index (χ2n) is 16.4. The summed E-state index contributed by atoms with van der Waals surface area (Å²) in [5.74, 6) is -6.02. The third-order valence-electron chi connectivity index (χ3n) is 12.0. The molecular formula is C43H40F4N8O6S. The lowest BCUT2D eigenvalue weighted by Gasteiger charge is -2.61. The normalized spacial score (nSPS) is 20.2. The maximum absolute atomic E-state index is 15.7. The molecule has 0 saturated carbocycles. The maximum Gasteiger partial charge on any atom is 0.301 e. The number of amides is 3. The number of alkyl halides is 1. The molecule has 4 saturated heterocycles. The molecular weight excluding hydrogens is 833 g/mol. The van der Waals surface area contributed by atoms with Gasteiger partial charge in [0, 0.05) is 92.2 Å². The first-order valence-electron chi connectivity index (χ1n) is 20.1. The van der Waals surface area contributed by atoms with Crippen molar-refractivity contribution in [1.29, 1.82) is 0 Å². The van der Waals surface area contributed by atoms with Gasteiger partial charge in [0.05, 0.1) is 16.8 Å². The summed E-state index contributed by atoms with van der Waals surface area (Å²) in [5.41, 5.74) is 1.81. The van der Waals surface area contributed by atoms with Crippen molar-refractivity contribution in [1.82, 2.24) is 29.8 Å². The molecule has 5 aromatic rings. The molecule has 0 aliphatic carbocycles.